The van der Waals surface area contributed by atoms with E-state index in [0.717, 1.165) is 30.3 Å². The van der Waals surface area contributed by atoms with Gasteiger partial charge in [-0.05, 0) is 31.0 Å². The highest BCUT2D eigenvalue weighted by Crippen LogP contribution is 2.18. The second-order valence-corrected chi connectivity index (χ2v) is 5.22. The maximum absolute atomic E-state index is 11.9. The molecule has 0 spiro atoms. The third-order valence-corrected chi connectivity index (χ3v) is 3.15. The van der Waals surface area contributed by atoms with Crippen LogP contribution in [0, 0.1) is 0 Å². The molecule has 0 aliphatic carbocycles. The number of halogens is 1. The van der Waals surface area contributed by atoms with Crippen molar-refractivity contribution in [1.82, 2.24) is 5.32 Å². The standard InChI is InChI=1S/C14H21BrN2O2/c1-2-3-8-19-9-4-7-17-14(18)12-10-11(15)5-6-13(12)16/h5-6,10H,2-4,7-9,16H2,1H3,(H,17,18). The third kappa shape index (κ3) is 6.07. The summed E-state index contributed by atoms with van der Waals surface area (Å²) in [7, 11) is 0. The Kier molecular flexibility index (Phi) is 7.52. The summed E-state index contributed by atoms with van der Waals surface area (Å²) in [5.41, 5.74) is 6.76. The zero-order chi connectivity index (χ0) is 14.1. The van der Waals surface area contributed by atoms with Crippen LogP contribution in [0.25, 0.3) is 0 Å². The van der Waals surface area contributed by atoms with Crippen molar-refractivity contribution < 1.29 is 9.53 Å². The molecule has 0 fully saturated rings. The molecule has 0 radical (unpaired) electrons. The maximum atomic E-state index is 11.9. The monoisotopic (exact) mass is 328 g/mol. The first-order valence-corrected chi connectivity index (χ1v) is 7.35. The summed E-state index contributed by atoms with van der Waals surface area (Å²) in [5.74, 6) is -0.146. The van der Waals surface area contributed by atoms with Gasteiger partial charge in [0.1, 0.15) is 0 Å². The van der Waals surface area contributed by atoms with E-state index >= 15 is 0 Å². The van der Waals surface area contributed by atoms with E-state index in [1.165, 1.54) is 0 Å². The van der Waals surface area contributed by atoms with Gasteiger partial charge in [0.05, 0.1) is 5.56 Å². The van der Waals surface area contributed by atoms with Crippen LogP contribution in [0.4, 0.5) is 5.69 Å². The van der Waals surface area contributed by atoms with Gasteiger partial charge in [0.25, 0.3) is 5.91 Å². The number of nitrogens with one attached hydrogen (secondary N) is 1. The van der Waals surface area contributed by atoms with Crippen LogP contribution in [0.1, 0.15) is 36.5 Å². The number of hydrogen-bond acceptors (Lipinski definition) is 3. The highest BCUT2D eigenvalue weighted by molar-refractivity contribution is 9.10. The predicted octanol–water partition coefficient (Wildman–Crippen LogP) is 2.97. The smallest absolute Gasteiger partial charge is 0.253 e. The molecule has 0 bridgehead atoms. The first-order valence-electron chi connectivity index (χ1n) is 6.56. The zero-order valence-electron chi connectivity index (χ0n) is 11.2. The normalized spacial score (nSPS) is 10.4. The van der Waals surface area contributed by atoms with Crippen molar-refractivity contribution in [3.8, 4) is 0 Å². The van der Waals surface area contributed by atoms with Crippen molar-refractivity contribution in [3.63, 3.8) is 0 Å². The van der Waals surface area contributed by atoms with Crippen molar-refractivity contribution in [2.75, 3.05) is 25.5 Å². The molecule has 4 nitrogen and oxygen atoms in total. The van der Waals surface area contributed by atoms with Gasteiger partial charge >= 0.3 is 0 Å². The quantitative estimate of drug-likeness (QED) is 0.569. The lowest BCUT2D eigenvalue weighted by atomic mass is 10.1. The van der Waals surface area contributed by atoms with Crippen molar-refractivity contribution in [3.05, 3.63) is 28.2 Å². The van der Waals surface area contributed by atoms with Gasteiger partial charge in [0, 0.05) is 29.9 Å². The lowest BCUT2D eigenvalue weighted by Crippen LogP contribution is -2.26. The van der Waals surface area contributed by atoms with Crippen LogP contribution in [0.3, 0.4) is 0 Å². The Morgan fingerprint density at radius 3 is 2.84 bits per heavy atom. The number of carbonyl (C=O) groups is 1. The van der Waals surface area contributed by atoms with Crippen LogP contribution < -0.4 is 11.1 Å². The van der Waals surface area contributed by atoms with E-state index in [2.05, 4.69) is 28.2 Å². The third-order valence-electron chi connectivity index (χ3n) is 2.65. The van der Waals surface area contributed by atoms with E-state index in [0.29, 0.717) is 24.4 Å². The number of nitrogen functional groups attached to an aromatic ring is 1. The Morgan fingerprint density at radius 2 is 2.11 bits per heavy atom. The summed E-state index contributed by atoms with van der Waals surface area (Å²) in [5, 5.41) is 2.84. The lowest BCUT2D eigenvalue weighted by molar-refractivity contribution is 0.0941. The first kappa shape index (κ1) is 16.0. The van der Waals surface area contributed by atoms with Gasteiger partial charge in [-0.1, -0.05) is 29.3 Å². The van der Waals surface area contributed by atoms with Crippen molar-refractivity contribution >= 4 is 27.5 Å². The highest BCUT2D eigenvalue weighted by atomic mass is 79.9. The average Bonchev–Trinajstić information content (AvgIpc) is 2.40. The number of unbranched alkanes of at least 4 members (excludes halogenated alkanes) is 1. The SMILES string of the molecule is CCCCOCCCNC(=O)c1cc(Br)ccc1N. The number of hydrogen-bond donors (Lipinski definition) is 2. The Hall–Kier alpha value is -1.07. The molecule has 1 aromatic rings. The summed E-state index contributed by atoms with van der Waals surface area (Å²) in [6.45, 7) is 4.19. The molecule has 5 heteroatoms. The molecular formula is C14H21BrN2O2. The van der Waals surface area contributed by atoms with Crippen LogP contribution in [-0.4, -0.2) is 25.7 Å². The van der Waals surface area contributed by atoms with E-state index in [-0.39, 0.29) is 5.91 Å². The molecule has 0 heterocycles. The molecule has 106 valence electrons. The van der Waals surface area contributed by atoms with Crippen LogP contribution >= 0.6 is 15.9 Å². The molecular weight excluding hydrogens is 308 g/mol. The van der Waals surface area contributed by atoms with Crippen molar-refractivity contribution in [2.45, 2.75) is 26.2 Å². The summed E-state index contributed by atoms with van der Waals surface area (Å²) in [6.07, 6.45) is 3.03. The molecule has 1 aromatic carbocycles. The van der Waals surface area contributed by atoms with Gasteiger partial charge < -0.3 is 15.8 Å². The maximum Gasteiger partial charge on any atom is 0.253 e. The fraction of sp³-hybridized carbons (Fsp3) is 0.500. The number of carbonyl (C=O) groups excluding carboxylic acids is 1. The van der Waals surface area contributed by atoms with Gasteiger partial charge in [-0.3, -0.25) is 4.79 Å². The number of ether oxygens (including phenoxy) is 1. The number of amides is 1. The van der Waals surface area contributed by atoms with E-state index in [9.17, 15) is 4.79 Å². The van der Waals surface area contributed by atoms with Gasteiger partial charge in [0.15, 0.2) is 0 Å². The van der Waals surface area contributed by atoms with Gasteiger partial charge in [0.2, 0.25) is 0 Å². The van der Waals surface area contributed by atoms with Crippen molar-refractivity contribution in [2.24, 2.45) is 0 Å². The second kappa shape index (κ2) is 8.93. The van der Waals surface area contributed by atoms with Crippen LogP contribution in [0.5, 0.6) is 0 Å². The molecule has 1 amide bonds. The Bertz CT molecular complexity index is 410. The number of benzene rings is 1. The molecule has 0 unspecified atom stereocenters. The predicted molar refractivity (Wildman–Crippen MR) is 81.2 cm³/mol. The number of rotatable bonds is 8. The van der Waals surface area contributed by atoms with Crippen LogP contribution in [0.15, 0.2) is 22.7 Å². The minimum absolute atomic E-state index is 0.146. The van der Waals surface area contributed by atoms with E-state index < -0.39 is 0 Å². The molecule has 0 aromatic heterocycles. The molecule has 3 N–H and O–H groups in total. The number of anilines is 1. The van der Waals surface area contributed by atoms with Crippen molar-refractivity contribution in [1.29, 1.82) is 0 Å². The fourth-order valence-electron chi connectivity index (χ4n) is 1.54. The van der Waals surface area contributed by atoms with E-state index in [1.807, 2.05) is 6.07 Å². The van der Waals surface area contributed by atoms with Gasteiger partial charge in [-0.15, -0.1) is 0 Å². The van der Waals surface area contributed by atoms with E-state index in [4.69, 9.17) is 10.5 Å². The Morgan fingerprint density at radius 1 is 1.37 bits per heavy atom. The summed E-state index contributed by atoms with van der Waals surface area (Å²) in [4.78, 5) is 11.9. The minimum atomic E-state index is -0.146. The molecule has 0 atom stereocenters. The molecule has 0 saturated carbocycles. The summed E-state index contributed by atoms with van der Waals surface area (Å²) in [6, 6.07) is 5.25. The summed E-state index contributed by atoms with van der Waals surface area (Å²) >= 11 is 3.33. The average molecular weight is 329 g/mol. The molecule has 0 aliphatic heterocycles. The largest absolute Gasteiger partial charge is 0.398 e. The summed E-state index contributed by atoms with van der Waals surface area (Å²) < 4.78 is 6.26. The zero-order valence-corrected chi connectivity index (χ0v) is 12.8. The van der Waals surface area contributed by atoms with Crippen LogP contribution in [-0.2, 0) is 4.74 Å². The number of nitrogens with two attached hydrogens (primary N) is 1. The lowest BCUT2D eigenvalue weighted by Gasteiger charge is -2.08. The Labute approximate surface area is 122 Å². The van der Waals surface area contributed by atoms with Gasteiger partial charge in [-0.2, -0.15) is 0 Å². The molecule has 1 rings (SSSR count). The highest BCUT2D eigenvalue weighted by Gasteiger charge is 2.09. The second-order valence-electron chi connectivity index (χ2n) is 4.31. The molecule has 0 aliphatic rings. The van der Waals surface area contributed by atoms with Crippen LogP contribution in [0.2, 0.25) is 0 Å². The Balaban J connectivity index is 2.26. The topological polar surface area (TPSA) is 64.3 Å². The first-order chi connectivity index (χ1) is 9.15. The van der Waals surface area contributed by atoms with E-state index in [1.54, 1.807) is 12.1 Å². The molecule has 19 heavy (non-hydrogen) atoms. The fourth-order valence-corrected chi connectivity index (χ4v) is 1.91. The van der Waals surface area contributed by atoms with Gasteiger partial charge in [-0.25, -0.2) is 0 Å². The molecule has 0 saturated heterocycles. The minimum Gasteiger partial charge on any atom is -0.398 e.